The minimum atomic E-state index is -3.84. The van der Waals surface area contributed by atoms with E-state index in [-0.39, 0.29) is 35.4 Å². The van der Waals surface area contributed by atoms with Crippen molar-refractivity contribution >= 4 is 16.0 Å². The number of hydrogen-bond acceptors (Lipinski definition) is 8. The molecule has 3 rings (SSSR count). The highest BCUT2D eigenvalue weighted by Crippen LogP contribution is 2.18. The molecular formula is C19H21N3O6S. The molecule has 1 N–H and O–H groups in total. The predicted molar refractivity (Wildman–Crippen MR) is 101 cm³/mol. The highest BCUT2D eigenvalue weighted by Gasteiger charge is 2.20. The van der Waals surface area contributed by atoms with Crippen LogP contribution in [0.15, 0.2) is 50.4 Å². The van der Waals surface area contributed by atoms with Gasteiger partial charge in [-0.2, -0.15) is 4.98 Å². The third-order valence-corrected chi connectivity index (χ3v) is 5.48. The molecule has 0 fully saturated rings. The lowest BCUT2D eigenvalue weighted by molar-refractivity contribution is 0.0428. The monoisotopic (exact) mass is 419 g/mol. The molecule has 0 aliphatic heterocycles. The standard InChI is InChI=1S/C19H21N3O6S/c1-12(2)18-21-17(28-22-18)11-27-19(23)16-9-15(7-6-13(16)3)29(24,25)20-10-14-5-4-8-26-14/h4-9,12,20H,10-11H2,1-3H3. The summed E-state index contributed by atoms with van der Waals surface area (Å²) in [7, 11) is -3.84. The smallest absolute Gasteiger partial charge is 0.338 e. The normalized spacial score (nSPS) is 11.7. The van der Waals surface area contributed by atoms with Crippen molar-refractivity contribution in [3.05, 3.63) is 65.2 Å². The minimum absolute atomic E-state index is 0.00165. The molecule has 0 spiro atoms. The summed E-state index contributed by atoms with van der Waals surface area (Å²) in [5, 5.41) is 3.80. The number of nitrogens with one attached hydrogen (secondary N) is 1. The number of sulfonamides is 1. The topological polar surface area (TPSA) is 125 Å². The number of benzene rings is 1. The van der Waals surface area contributed by atoms with Gasteiger partial charge in [0.15, 0.2) is 12.4 Å². The first-order valence-corrected chi connectivity index (χ1v) is 10.4. The summed E-state index contributed by atoms with van der Waals surface area (Å²) in [6.07, 6.45) is 1.46. The van der Waals surface area contributed by atoms with Gasteiger partial charge in [0.2, 0.25) is 10.0 Å². The van der Waals surface area contributed by atoms with E-state index >= 15 is 0 Å². The molecule has 0 saturated heterocycles. The Hall–Kier alpha value is -2.98. The Labute approximate surface area is 168 Å². The fourth-order valence-corrected chi connectivity index (χ4v) is 3.44. The lowest BCUT2D eigenvalue weighted by atomic mass is 10.1. The van der Waals surface area contributed by atoms with Crippen molar-refractivity contribution in [2.24, 2.45) is 0 Å². The van der Waals surface area contributed by atoms with E-state index in [4.69, 9.17) is 13.7 Å². The average Bonchev–Trinajstić information content (AvgIpc) is 3.36. The number of ether oxygens (including phenoxy) is 1. The molecule has 0 amide bonds. The first kappa shape index (κ1) is 20.7. The molecule has 1 aromatic carbocycles. The van der Waals surface area contributed by atoms with Gasteiger partial charge in [-0.25, -0.2) is 17.9 Å². The lowest BCUT2D eigenvalue weighted by Gasteiger charge is -2.10. The highest BCUT2D eigenvalue weighted by atomic mass is 32.2. The Morgan fingerprint density at radius 2 is 2.07 bits per heavy atom. The van der Waals surface area contributed by atoms with Gasteiger partial charge < -0.3 is 13.7 Å². The Morgan fingerprint density at radius 3 is 2.72 bits per heavy atom. The first-order valence-electron chi connectivity index (χ1n) is 8.88. The Morgan fingerprint density at radius 1 is 1.28 bits per heavy atom. The molecule has 0 aliphatic rings. The summed E-state index contributed by atoms with van der Waals surface area (Å²) in [6, 6.07) is 7.56. The third kappa shape index (κ3) is 5.09. The molecule has 3 aromatic rings. The van der Waals surface area contributed by atoms with Crippen molar-refractivity contribution < 1.29 is 26.9 Å². The summed E-state index contributed by atoms with van der Waals surface area (Å²) in [6.45, 7) is 5.31. The Balaban J connectivity index is 1.70. The van der Waals surface area contributed by atoms with Gasteiger partial charge in [0.25, 0.3) is 5.89 Å². The Bertz CT molecular complexity index is 1090. The van der Waals surface area contributed by atoms with Gasteiger partial charge in [0.05, 0.1) is 23.3 Å². The van der Waals surface area contributed by atoms with Crippen LogP contribution in [0.3, 0.4) is 0 Å². The van der Waals surface area contributed by atoms with Crippen LogP contribution >= 0.6 is 0 Å². The SMILES string of the molecule is Cc1ccc(S(=O)(=O)NCc2ccco2)cc1C(=O)OCc1nc(C(C)C)no1. The molecule has 2 heterocycles. The number of carbonyl (C=O) groups excluding carboxylic acids is 1. The summed E-state index contributed by atoms with van der Waals surface area (Å²) in [4.78, 5) is 16.5. The maximum absolute atomic E-state index is 12.5. The molecule has 0 aliphatic carbocycles. The van der Waals surface area contributed by atoms with E-state index < -0.39 is 16.0 Å². The first-order chi connectivity index (χ1) is 13.8. The number of rotatable bonds is 8. The van der Waals surface area contributed by atoms with Crippen LogP contribution in [0.5, 0.6) is 0 Å². The van der Waals surface area contributed by atoms with Crippen LogP contribution in [0.1, 0.15) is 53.2 Å². The van der Waals surface area contributed by atoms with Gasteiger partial charge in [-0.05, 0) is 36.8 Å². The van der Waals surface area contributed by atoms with Gasteiger partial charge >= 0.3 is 5.97 Å². The zero-order valence-electron chi connectivity index (χ0n) is 16.2. The molecule has 0 unspecified atom stereocenters. The lowest BCUT2D eigenvalue weighted by Crippen LogP contribution is -2.23. The molecule has 9 nitrogen and oxygen atoms in total. The molecule has 2 aromatic heterocycles. The number of nitrogens with zero attached hydrogens (tertiary/aromatic N) is 2. The van der Waals surface area contributed by atoms with Gasteiger partial charge in [-0.15, -0.1) is 0 Å². The maximum Gasteiger partial charge on any atom is 0.338 e. The van der Waals surface area contributed by atoms with Crippen molar-refractivity contribution in [1.82, 2.24) is 14.9 Å². The van der Waals surface area contributed by atoms with Gasteiger partial charge in [-0.3, -0.25) is 0 Å². The summed E-state index contributed by atoms with van der Waals surface area (Å²) >= 11 is 0. The second-order valence-corrected chi connectivity index (χ2v) is 8.42. The number of aromatic nitrogens is 2. The molecule has 29 heavy (non-hydrogen) atoms. The van der Waals surface area contributed by atoms with E-state index in [0.29, 0.717) is 17.1 Å². The van der Waals surface area contributed by atoms with Crippen LogP contribution in [0.2, 0.25) is 0 Å². The van der Waals surface area contributed by atoms with Crippen molar-refractivity contribution in [3.63, 3.8) is 0 Å². The van der Waals surface area contributed by atoms with Crippen LogP contribution in [-0.4, -0.2) is 24.5 Å². The zero-order chi connectivity index (χ0) is 21.0. The number of furan rings is 1. The van der Waals surface area contributed by atoms with Gasteiger partial charge in [-0.1, -0.05) is 25.1 Å². The minimum Gasteiger partial charge on any atom is -0.468 e. The summed E-state index contributed by atoms with van der Waals surface area (Å²) < 4.78 is 42.8. The number of carbonyl (C=O) groups is 1. The van der Waals surface area contributed by atoms with Crippen LogP contribution in [0.4, 0.5) is 0 Å². The number of hydrogen-bond donors (Lipinski definition) is 1. The van der Waals surface area contributed by atoms with E-state index in [9.17, 15) is 13.2 Å². The van der Waals surface area contributed by atoms with Crippen LogP contribution < -0.4 is 4.72 Å². The van der Waals surface area contributed by atoms with Crippen molar-refractivity contribution in [1.29, 1.82) is 0 Å². The molecule has 10 heteroatoms. The van der Waals surface area contributed by atoms with E-state index in [1.165, 1.54) is 18.4 Å². The van der Waals surface area contributed by atoms with Gasteiger partial charge in [0.1, 0.15) is 5.76 Å². The third-order valence-electron chi connectivity index (χ3n) is 4.08. The van der Waals surface area contributed by atoms with Crippen molar-refractivity contribution in [2.75, 3.05) is 0 Å². The highest BCUT2D eigenvalue weighted by molar-refractivity contribution is 7.89. The molecule has 0 radical (unpaired) electrons. The second kappa shape index (κ2) is 8.58. The van der Waals surface area contributed by atoms with Crippen LogP contribution in [0.25, 0.3) is 0 Å². The molecule has 0 saturated carbocycles. The van der Waals surface area contributed by atoms with E-state index in [1.807, 2.05) is 13.8 Å². The molecular weight excluding hydrogens is 398 g/mol. The summed E-state index contributed by atoms with van der Waals surface area (Å²) in [5.74, 6) is 0.558. The second-order valence-electron chi connectivity index (χ2n) is 6.66. The quantitative estimate of drug-likeness (QED) is 0.553. The van der Waals surface area contributed by atoms with E-state index in [0.717, 1.165) is 0 Å². The summed E-state index contributed by atoms with van der Waals surface area (Å²) in [5.41, 5.74) is 0.711. The fourth-order valence-electron chi connectivity index (χ4n) is 2.42. The van der Waals surface area contributed by atoms with Crippen LogP contribution in [0, 0.1) is 6.92 Å². The fraction of sp³-hybridized carbons (Fsp3) is 0.316. The molecule has 0 bridgehead atoms. The number of esters is 1. The zero-order valence-corrected chi connectivity index (χ0v) is 17.0. The van der Waals surface area contributed by atoms with E-state index in [1.54, 1.807) is 25.1 Å². The molecule has 0 atom stereocenters. The predicted octanol–water partition coefficient (Wildman–Crippen LogP) is 2.93. The van der Waals surface area contributed by atoms with Crippen molar-refractivity contribution in [2.45, 2.75) is 44.7 Å². The van der Waals surface area contributed by atoms with Crippen molar-refractivity contribution in [3.8, 4) is 0 Å². The maximum atomic E-state index is 12.5. The van der Waals surface area contributed by atoms with Crippen LogP contribution in [-0.2, 0) is 27.9 Å². The Kier molecular flexibility index (Phi) is 6.14. The number of aryl methyl sites for hydroxylation is 1. The van der Waals surface area contributed by atoms with Gasteiger partial charge in [0, 0.05) is 5.92 Å². The average molecular weight is 419 g/mol. The van der Waals surface area contributed by atoms with E-state index in [2.05, 4.69) is 14.9 Å². The molecule has 154 valence electrons. The largest absolute Gasteiger partial charge is 0.468 e.